The van der Waals surface area contributed by atoms with Crippen molar-refractivity contribution < 1.29 is 14.7 Å². The van der Waals surface area contributed by atoms with E-state index in [0.717, 1.165) is 5.56 Å². The summed E-state index contributed by atoms with van der Waals surface area (Å²) in [5, 5.41) is 17.4. The van der Waals surface area contributed by atoms with E-state index in [1.165, 1.54) is 23.5 Å². The van der Waals surface area contributed by atoms with E-state index in [2.05, 4.69) is 10.6 Å². The molecule has 3 N–H and O–H groups in total. The van der Waals surface area contributed by atoms with Crippen LogP contribution in [0.3, 0.4) is 0 Å². The summed E-state index contributed by atoms with van der Waals surface area (Å²) in [5.41, 5.74) is 1.83. The number of halogens is 1. The number of phenolic OH excluding ortho intramolecular Hbond substituents is 1. The van der Waals surface area contributed by atoms with Crippen molar-refractivity contribution in [3.8, 4) is 5.75 Å². The molecule has 3 aromatic rings. The molecule has 26 heavy (non-hydrogen) atoms. The number of nitrogens with one attached hydrogen (secondary N) is 2. The van der Waals surface area contributed by atoms with Crippen LogP contribution < -0.4 is 10.6 Å². The number of carbonyl (C=O) groups excluding carboxylic acids is 2. The first-order valence-electron chi connectivity index (χ1n) is 7.69. The molecule has 0 aliphatic heterocycles. The van der Waals surface area contributed by atoms with E-state index in [9.17, 15) is 14.7 Å². The zero-order valence-electron chi connectivity index (χ0n) is 13.7. The Bertz CT molecular complexity index is 971. The Kier molecular flexibility index (Phi) is 5.25. The Morgan fingerprint density at radius 1 is 1.00 bits per heavy atom. The van der Waals surface area contributed by atoms with Crippen LogP contribution in [-0.2, 0) is 0 Å². The minimum absolute atomic E-state index is 0.0152. The maximum Gasteiger partial charge on any atom is 0.265 e. The van der Waals surface area contributed by atoms with Crippen LogP contribution in [0.5, 0.6) is 5.75 Å². The molecule has 7 heteroatoms. The van der Waals surface area contributed by atoms with Crippen LogP contribution in [0.15, 0.2) is 53.9 Å². The molecule has 0 spiro atoms. The molecular formula is C19H15ClN2O3S. The van der Waals surface area contributed by atoms with Crippen molar-refractivity contribution in [3.63, 3.8) is 0 Å². The second kappa shape index (κ2) is 7.59. The fourth-order valence-corrected chi connectivity index (χ4v) is 3.08. The van der Waals surface area contributed by atoms with E-state index in [1.807, 2.05) is 6.92 Å². The van der Waals surface area contributed by atoms with Crippen LogP contribution in [-0.4, -0.2) is 16.9 Å². The van der Waals surface area contributed by atoms with Crippen LogP contribution in [0.25, 0.3) is 0 Å². The number of thiophene rings is 1. The predicted molar refractivity (Wildman–Crippen MR) is 105 cm³/mol. The fraction of sp³-hybridized carbons (Fsp3) is 0.0526. The Balaban J connectivity index is 1.80. The van der Waals surface area contributed by atoms with Crippen molar-refractivity contribution in [1.82, 2.24) is 0 Å². The van der Waals surface area contributed by atoms with Gasteiger partial charge in [0.2, 0.25) is 0 Å². The molecule has 0 atom stereocenters. The molecule has 0 bridgehead atoms. The lowest BCUT2D eigenvalue weighted by Gasteiger charge is -2.11. The average Bonchev–Trinajstić information content (AvgIpc) is 3.14. The monoisotopic (exact) mass is 386 g/mol. The van der Waals surface area contributed by atoms with Gasteiger partial charge >= 0.3 is 0 Å². The van der Waals surface area contributed by atoms with E-state index in [1.54, 1.807) is 41.8 Å². The fourth-order valence-electron chi connectivity index (χ4n) is 2.30. The third kappa shape index (κ3) is 4.04. The van der Waals surface area contributed by atoms with Gasteiger partial charge in [-0.3, -0.25) is 9.59 Å². The van der Waals surface area contributed by atoms with Gasteiger partial charge in [-0.25, -0.2) is 0 Å². The molecule has 0 aliphatic rings. The summed E-state index contributed by atoms with van der Waals surface area (Å²) in [5.74, 6) is -0.735. The molecule has 0 fully saturated rings. The zero-order chi connectivity index (χ0) is 18.7. The first kappa shape index (κ1) is 18.0. The summed E-state index contributed by atoms with van der Waals surface area (Å²) in [6.45, 7) is 1.84. The molecule has 2 amide bonds. The second-order valence-corrected chi connectivity index (χ2v) is 6.96. The maximum atomic E-state index is 12.5. The van der Waals surface area contributed by atoms with Crippen molar-refractivity contribution in [2.45, 2.75) is 6.92 Å². The van der Waals surface area contributed by atoms with Gasteiger partial charge in [0.05, 0.1) is 21.3 Å². The highest BCUT2D eigenvalue weighted by atomic mass is 35.5. The first-order chi connectivity index (χ1) is 12.4. The first-order valence-corrected chi connectivity index (χ1v) is 8.95. The smallest absolute Gasteiger partial charge is 0.265 e. The number of hydrogen-bond donors (Lipinski definition) is 3. The Morgan fingerprint density at radius 2 is 1.77 bits per heavy atom. The van der Waals surface area contributed by atoms with E-state index in [0.29, 0.717) is 26.8 Å². The third-order valence-corrected chi connectivity index (χ3v) is 4.82. The zero-order valence-corrected chi connectivity index (χ0v) is 15.3. The van der Waals surface area contributed by atoms with Gasteiger partial charge in [-0.15, -0.1) is 11.3 Å². The molecule has 3 rings (SSSR count). The second-order valence-electron chi connectivity index (χ2n) is 5.60. The molecule has 0 saturated carbocycles. The van der Waals surface area contributed by atoms with Gasteiger partial charge in [-0.05, 0) is 54.3 Å². The summed E-state index contributed by atoms with van der Waals surface area (Å²) in [6, 6.07) is 13.0. The minimum atomic E-state index is -0.424. The van der Waals surface area contributed by atoms with Gasteiger partial charge in [0.15, 0.2) is 0 Å². The van der Waals surface area contributed by atoms with Crippen LogP contribution in [0, 0.1) is 6.92 Å². The lowest BCUT2D eigenvalue weighted by atomic mass is 10.1. The number of aryl methyl sites for hydroxylation is 1. The topological polar surface area (TPSA) is 78.4 Å². The van der Waals surface area contributed by atoms with Crippen LogP contribution in [0.2, 0.25) is 5.02 Å². The lowest BCUT2D eigenvalue weighted by molar-refractivity contribution is 0.101. The highest BCUT2D eigenvalue weighted by Crippen LogP contribution is 2.27. The summed E-state index contributed by atoms with van der Waals surface area (Å²) in [4.78, 5) is 25.2. The van der Waals surface area contributed by atoms with Gasteiger partial charge in [0.25, 0.3) is 11.8 Å². The number of benzene rings is 2. The SMILES string of the molecule is Cc1ccc(NC(=O)c2ccc(Cl)c(NC(=O)c3cccs3)c2)c(O)c1. The number of hydrogen-bond acceptors (Lipinski definition) is 4. The molecule has 1 aromatic heterocycles. The van der Waals surface area contributed by atoms with Crippen molar-refractivity contribution in [2.75, 3.05) is 10.6 Å². The highest BCUT2D eigenvalue weighted by Gasteiger charge is 2.14. The molecule has 1 heterocycles. The minimum Gasteiger partial charge on any atom is -0.506 e. The molecule has 0 unspecified atom stereocenters. The summed E-state index contributed by atoms with van der Waals surface area (Å²) in [6.07, 6.45) is 0. The number of phenols is 1. The number of anilines is 2. The van der Waals surface area contributed by atoms with Gasteiger partial charge in [-0.2, -0.15) is 0 Å². The number of amides is 2. The van der Waals surface area contributed by atoms with E-state index >= 15 is 0 Å². The van der Waals surface area contributed by atoms with Gasteiger partial charge < -0.3 is 15.7 Å². The van der Waals surface area contributed by atoms with E-state index in [4.69, 9.17) is 11.6 Å². The normalized spacial score (nSPS) is 10.4. The molecule has 0 saturated heterocycles. The van der Waals surface area contributed by atoms with Crippen molar-refractivity contribution in [2.24, 2.45) is 0 Å². The molecular weight excluding hydrogens is 372 g/mol. The third-order valence-electron chi connectivity index (χ3n) is 3.62. The van der Waals surface area contributed by atoms with Gasteiger partial charge in [-0.1, -0.05) is 23.7 Å². The Morgan fingerprint density at radius 3 is 2.46 bits per heavy atom. The molecule has 0 radical (unpaired) electrons. The van der Waals surface area contributed by atoms with Crippen LogP contribution in [0.4, 0.5) is 11.4 Å². The number of rotatable bonds is 4. The van der Waals surface area contributed by atoms with Crippen LogP contribution >= 0.6 is 22.9 Å². The largest absolute Gasteiger partial charge is 0.506 e. The Labute approximate surface area is 159 Å². The molecule has 0 aliphatic carbocycles. The predicted octanol–water partition coefficient (Wildman–Crippen LogP) is 4.92. The average molecular weight is 387 g/mol. The highest BCUT2D eigenvalue weighted by molar-refractivity contribution is 7.12. The summed E-state index contributed by atoms with van der Waals surface area (Å²) in [7, 11) is 0. The van der Waals surface area contributed by atoms with E-state index in [-0.39, 0.29) is 11.7 Å². The molecule has 132 valence electrons. The Hall–Kier alpha value is -2.83. The number of aromatic hydroxyl groups is 1. The number of carbonyl (C=O) groups is 2. The summed E-state index contributed by atoms with van der Waals surface area (Å²) >= 11 is 7.44. The molecule has 2 aromatic carbocycles. The van der Waals surface area contributed by atoms with Crippen molar-refractivity contribution in [3.05, 3.63) is 74.9 Å². The quantitative estimate of drug-likeness (QED) is 0.557. The summed E-state index contributed by atoms with van der Waals surface area (Å²) < 4.78 is 0. The van der Waals surface area contributed by atoms with Gasteiger partial charge in [0, 0.05) is 5.56 Å². The maximum absolute atomic E-state index is 12.5. The lowest BCUT2D eigenvalue weighted by Crippen LogP contribution is -2.14. The van der Waals surface area contributed by atoms with Crippen molar-refractivity contribution >= 4 is 46.1 Å². The van der Waals surface area contributed by atoms with Gasteiger partial charge in [0.1, 0.15) is 5.75 Å². The standard InChI is InChI=1S/C19H15ClN2O3S/c1-11-4-7-14(16(23)9-11)21-18(24)12-5-6-13(20)15(10-12)22-19(25)17-3-2-8-26-17/h2-10,23H,1H3,(H,21,24)(H,22,25). The van der Waals surface area contributed by atoms with Crippen LogP contribution in [0.1, 0.15) is 25.6 Å². The van der Waals surface area contributed by atoms with E-state index < -0.39 is 5.91 Å². The van der Waals surface area contributed by atoms with Crippen molar-refractivity contribution in [1.29, 1.82) is 0 Å². The molecule has 5 nitrogen and oxygen atoms in total.